The number of hydrogen-bond acceptors (Lipinski definition) is 6. The predicted molar refractivity (Wildman–Crippen MR) is 169 cm³/mol. The first-order valence-electron chi connectivity index (χ1n) is 15.5. The Kier molecular flexibility index (Phi) is 8.95. The fourth-order valence-electron chi connectivity index (χ4n) is 6.63. The Morgan fingerprint density at radius 3 is 2.39 bits per heavy atom. The summed E-state index contributed by atoms with van der Waals surface area (Å²) in [5.74, 6) is 1.01. The van der Waals surface area contributed by atoms with Gasteiger partial charge in [0.15, 0.2) is 0 Å². The maximum Gasteiger partial charge on any atom is 0.271 e. The number of nitrogens with zero attached hydrogens (tertiary/aromatic N) is 4. The Morgan fingerprint density at radius 1 is 1.02 bits per heavy atom. The number of likely N-dealkylation sites (tertiary alicyclic amines) is 1. The summed E-state index contributed by atoms with van der Waals surface area (Å²) in [6, 6.07) is 20.9. The number of aliphatic hydroxyl groups is 1. The van der Waals surface area contributed by atoms with Gasteiger partial charge in [-0.25, -0.2) is 4.98 Å². The third kappa shape index (κ3) is 6.79. The molecular weight excluding hydrogens is 554 g/mol. The second-order valence-electron chi connectivity index (χ2n) is 12.1. The molecule has 1 saturated heterocycles. The van der Waals surface area contributed by atoms with Gasteiger partial charge in [-0.15, -0.1) is 0 Å². The Bertz CT molecular complexity index is 1580. The minimum absolute atomic E-state index is 0.128. The lowest BCUT2D eigenvalue weighted by molar-refractivity contribution is -0.129. The number of imidazole rings is 1. The summed E-state index contributed by atoms with van der Waals surface area (Å²) in [5.41, 5.74) is 6.07. The van der Waals surface area contributed by atoms with Gasteiger partial charge in [-0.1, -0.05) is 42.5 Å². The zero-order valence-electron chi connectivity index (χ0n) is 25.5. The van der Waals surface area contributed by atoms with Crippen molar-refractivity contribution in [3.05, 3.63) is 101 Å². The van der Waals surface area contributed by atoms with Gasteiger partial charge in [-0.05, 0) is 72.1 Å². The molecule has 2 amide bonds. The maximum absolute atomic E-state index is 13.1. The summed E-state index contributed by atoms with van der Waals surface area (Å²) in [4.78, 5) is 33.5. The molecule has 44 heavy (non-hydrogen) atoms. The molecule has 1 aliphatic carbocycles. The summed E-state index contributed by atoms with van der Waals surface area (Å²) in [5, 5.41) is 14.0. The highest BCUT2D eigenvalue weighted by Crippen LogP contribution is 2.29. The number of fused-ring (bicyclic) bond motifs is 2. The number of ether oxygens (including phenoxy) is 1. The molecule has 2 aromatic carbocycles. The number of methoxy groups -OCH3 is 1. The Hall–Kier alpha value is -4.21. The summed E-state index contributed by atoms with van der Waals surface area (Å²) in [6.45, 7) is 4.41. The largest absolute Gasteiger partial charge is 0.497 e. The van der Waals surface area contributed by atoms with E-state index in [0.29, 0.717) is 30.3 Å². The molecule has 1 fully saturated rings. The van der Waals surface area contributed by atoms with E-state index in [0.717, 1.165) is 50.1 Å². The van der Waals surface area contributed by atoms with Gasteiger partial charge in [0, 0.05) is 58.1 Å². The number of nitrogens with one attached hydrogen (secondary N) is 1. The average molecular weight is 596 g/mol. The second-order valence-corrected chi connectivity index (χ2v) is 12.1. The first-order valence-corrected chi connectivity index (χ1v) is 15.5. The van der Waals surface area contributed by atoms with Crippen LogP contribution in [-0.4, -0.2) is 81.5 Å². The third-order valence-corrected chi connectivity index (χ3v) is 9.15. The normalized spacial score (nSPS) is 16.3. The van der Waals surface area contributed by atoms with Crippen LogP contribution in [0.15, 0.2) is 73.1 Å². The molecule has 9 nitrogen and oxygen atoms in total. The molecule has 2 aliphatic rings. The van der Waals surface area contributed by atoms with Gasteiger partial charge < -0.3 is 24.5 Å². The lowest BCUT2D eigenvalue weighted by Gasteiger charge is -2.31. The van der Waals surface area contributed by atoms with E-state index in [-0.39, 0.29) is 24.4 Å². The monoisotopic (exact) mass is 595 g/mol. The topological polar surface area (TPSA) is 99.4 Å². The van der Waals surface area contributed by atoms with E-state index >= 15 is 0 Å². The van der Waals surface area contributed by atoms with Gasteiger partial charge in [-0.2, -0.15) is 0 Å². The number of piperidine rings is 1. The van der Waals surface area contributed by atoms with E-state index in [1.807, 2.05) is 33.7 Å². The highest BCUT2D eigenvalue weighted by atomic mass is 16.5. The minimum Gasteiger partial charge on any atom is -0.497 e. The Labute approximate surface area is 258 Å². The van der Waals surface area contributed by atoms with Crippen molar-refractivity contribution in [2.75, 3.05) is 33.3 Å². The molecule has 1 unspecified atom stereocenters. The highest BCUT2D eigenvalue weighted by Gasteiger charge is 2.28. The van der Waals surface area contributed by atoms with Crippen LogP contribution in [-0.2, 0) is 24.2 Å². The van der Waals surface area contributed by atoms with Gasteiger partial charge in [0.25, 0.3) is 5.91 Å². The van der Waals surface area contributed by atoms with Crippen molar-refractivity contribution in [1.82, 2.24) is 24.5 Å². The number of rotatable bonds is 10. The Balaban J connectivity index is 1.08. The van der Waals surface area contributed by atoms with Crippen molar-refractivity contribution >= 4 is 17.5 Å². The van der Waals surface area contributed by atoms with Crippen LogP contribution in [0.4, 0.5) is 0 Å². The summed E-state index contributed by atoms with van der Waals surface area (Å²) < 4.78 is 7.22. The van der Waals surface area contributed by atoms with Gasteiger partial charge in [0.2, 0.25) is 5.91 Å². The summed E-state index contributed by atoms with van der Waals surface area (Å²) in [6.07, 6.45) is 6.76. The smallest absolute Gasteiger partial charge is 0.271 e. The van der Waals surface area contributed by atoms with Gasteiger partial charge in [-0.3, -0.25) is 14.5 Å². The van der Waals surface area contributed by atoms with Crippen molar-refractivity contribution in [1.29, 1.82) is 0 Å². The molecule has 2 aromatic heterocycles. The molecule has 0 saturated carbocycles. The molecule has 0 spiro atoms. The van der Waals surface area contributed by atoms with E-state index in [2.05, 4.69) is 57.7 Å². The van der Waals surface area contributed by atoms with Crippen molar-refractivity contribution in [2.24, 2.45) is 0 Å². The molecule has 0 bridgehead atoms. The van der Waals surface area contributed by atoms with Crippen molar-refractivity contribution in [2.45, 2.75) is 57.2 Å². The molecule has 1 atom stereocenters. The molecule has 9 heteroatoms. The number of hydrogen-bond donors (Lipinski definition) is 2. The SMILES string of the molecule is COc1ccc(CN(CC(O)CNC(=O)c2cn3cc(C4CCN(C(C)=O)CC4)ccc3n2)C2Cc3ccccc3C2)cc1. The maximum atomic E-state index is 13.1. The fourth-order valence-corrected chi connectivity index (χ4v) is 6.63. The number of carbonyl (C=O) groups excluding carboxylic acids is 2. The van der Waals surface area contributed by atoms with Crippen LogP contribution < -0.4 is 10.1 Å². The molecule has 3 heterocycles. The number of benzene rings is 2. The van der Waals surface area contributed by atoms with Crippen LogP contribution in [0, 0.1) is 0 Å². The van der Waals surface area contributed by atoms with E-state index < -0.39 is 6.10 Å². The zero-order valence-corrected chi connectivity index (χ0v) is 25.5. The molecule has 6 rings (SSSR count). The van der Waals surface area contributed by atoms with E-state index in [1.54, 1.807) is 20.2 Å². The lowest BCUT2D eigenvalue weighted by Crippen LogP contribution is -2.44. The first-order chi connectivity index (χ1) is 21.4. The number of pyridine rings is 1. The summed E-state index contributed by atoms with van der Waals surface area (Å²) in [7, 11) is 1.66. The molecule has 4 aromatic rings. The number of carbonyl (C=O) groups is 2. The van der Waals surface area contributed by atoms with E-state index in [4.69, 9.17) is 4.74 Å². The van der Waals surface area contributed by atoms with Crippen LogP contribution in [0.5, 0.6) is 5.75 Å². The van der Waals surface area contributed by atoms with E-state index in [9.17, 15) is 14.7 Å². The lowest BCUT2D eigenvalue weighted by atomic mass is 9.90. The average Bonchev–Trinajstić information content (AvgIpc) is 3.68. The standard InChI is InChI=1S/C35H41N5O4/c1-24(41)38-15-13-26(14-16-38)29-9-12-34-37-33(23-40(34)21-29)35(43)36-19-31(42)22-39(20-25-7-10-32(44-2)11-8-25)30-17-27-5-3-4-6-28(27)18-30/h3-12,21,23,26,30-31,42H,13-20,22H2,1-2H3,(H,36,43). The minimum atomic E-state index is -0.745. The van der Waals surface area contributed by atoms with Crippen LogP contribution in [0.3, 0.4) is 0 Å². The van der Waals surface area contributed by atoms with Crippen molar-refractivity contribution in [3.63, 3.8) is 0 Å². The van der Waals surface area contributed by atoms with Crippen LogP contribution >= 0.6 is 0 Å². The number of aliphatic hydroxyl groups excluding tert-OH is 1. The third-order valence-electron chi connectivity index (χ3n) is 9.15. The molecule has 230 valence electrons. The van der Waals surface area contributed by atoms with E-state index in [1.165, 1.54) is 16.7 Å². The molecule has 1 aliphatic heterocycles. The van der Waals surface area contributed by atoms with Crippen molar-refractivity contribution < 1.29 is 19.4 Å². The fraction of sp³-hybridized carbons (Fsp3) is 0.400. The predicted octanol–water partition coefficient (Wildman–Crippen LogP) is 3.83. The molecule has 0 radical (unpaired) electrons. The number of aromatic nitrogens is 2. The second kappa shape index (κ2) is 13.2. The van der Waals surface area contributed by atoms with Crippen LogP contribution in [0.1, 0.15) is 58.4 Å². The summed E-state index contributed by atoms with van der Waals surface area (Å²) >= 11 is 0. The van der Waals surface area contributed by atoms with Gasteiger partial charge >= 0.3 is 0 Å². The van der Waals surface area contributed by atoms with Crippen LogP contribution in [0.2, 0.25) is 0 Å². The van der Waals surface area contributed by atoms with Gasteiger partial charge in [0.1, 0.15) is 17.1 Å². The highest BCUT2D eigenvalue weighted by molar-refractivity contribution is 5.92. The quantitative estimate of drug-likeness (QED) is 0.289. The van der Waals surface area contributed by atoms with Gasteiger partial charge in [0.05, 0.1) is 13.2 Å². The Morgan fingerprint density at radius 2 is 1.73 bits per heavy atom. The zero-order chi connectivity index (χ0) is 30.6. The molecule has 2 N–H and O–H groups in total. The van der Waals surface area contributed by atoms with Crippen molar-refractivity contribution in [3.8, 4) is 5.75 Å². The first kappa shape index (κ1) is 29.8. The van der Waals surface area contributed by atoms with Crippen LogP contribution in [0.25, 0.3) is 5.65 Å². The molecular formula is C35H41N5O4. The number of amides is 2.